The second-order valence-corrected chi connectivity index (χ2v) is 4.24. The molecule has 3 nitrogen and oxygen atoms in total. The Morgan fingerprint density at radius 2 is 2.12 bits per heavy atom. The molecule has 1 N–H and O–H groups in total. The van der Waals surface area contributed by atoms with Gasteiger partial charge in [-0.3, -0.25) is 4.90 Å². The van der Waals surface area contributed by atoms with Crippen molar-refractivity contribution in [1.82, 2.24) is 9.88 Å². The maximum absolute atomic E-state index is 4.28. The number of hydrogen-bond donors (Lipinski definition) is 1. The number of nitrogens with one attached hydrogen (secondary N) is 1. The highest BCUT2D eigenvalue weighted by atomic mass is 15.1. The first-order chi connectivity index (χ1) is 7.67. The molecule has 1 aromatic heterocycles. The van der Waals surface area contributed by atoms with Gasteiger partial charge in [0.15, 0.2) is 0 Å². The molecule has 0 aliphatic rings. The van der Waals surface area contributed by atoms with E-state index in [1.807, 2.05) is 6.20 Å². The second-order valence-electron chi connectivity index (χ2n) is 4.24. The fourth-order valence-corrected chi connectivity index (χ4v) is 1.74. The summed E-state index contributed by atoms with van der Waals surface area (Å²) in [5.41, 5.74) is 1.32. The van der Waals surface area contributed by atoms with E-state index in [4.69, 9.17) is 0 Å². The molecule has 0 saturated carbocycles. The molecule has 0 radical (unpaired) electrons. The fraction of sp³-hybridized carbons (Fsp3) is 0.615. The Balaban J connectivity index is 2.68. The van der Waals surface area contributed by atoms with Gasteiger partial charge in [-0.15, -0.1) is 0 Å². The molecule has 0 atom stereocenters. The molecular formula is C13H23N3. The van der Waals surface area contributed by atoms with Gasteiger partial charge in [0.25, 0.3) is 0 Å². The minimum Gasteiger partial charge on any atom is -0.370 e. The van der Waals surface area contributed by atoms with Gasteiger partial charge >= 0.3 is 0 Å². The quantitative estimate of drug-likeness (QED) is 0.800. The summed E-state index contributed by atoms with van der Waals surface area (Å²) in [5, 5.41) is 3.24. The summed E-state index contributed by atoms with van der Waals surface area (Å²) in [5.74, 6) is 0.972. The van der Waals surface area contributed by atoms with Gasteiger partial charge in [-0.1, -0.05) is 6.92 Å². The summed E-state index contributed by atoms with van der Waals surface area (Å²) in [6, 6.07) is 4.81. The van der Waals surface area contributed by atoms with Crippen LogP contribution in [0.25, 0.3) is 0 Å². The molecule has 0 spiro atoms. The van der Waals surface area contributed by atoms with Crippen molar-refractivity contribution in [3.05, 3.63) is 23.9 Å². The summed E-state index contributed by atoms with van der Waals surface area (Å²) < 4.78 is 0. The van der Waals surface area contributed by atoms with E-state index in [1.165, 1.54) is 5.56 Å². The zero-order chi connectivity index (χ0) is 12.0. The summed E-state index contributed by atoms with van der Waals surface area (Å²) >= 11 is 0. The molecule has 90 valence electrons. The van der Waals surface area contributed by atoms with E-state index in [0.29, 0.717) is 6.04 Å². The molecule has 0 aliphatic heterocycles. The first-order valence-electron chi connectivity index (χ1n) is 6.10. The van der Waals surface area contributed by atoms with Crippen molar-refractivity contribution >= 4 is 5.82 Å². The Labute approximate surface area is 98.9 Å². The van der Waals surface area contributed by atoms with Gasteiger partial charge in [0.2, 0.25) is 0 Å². The van der Waals surface area contributed by atoms with Crippen LogP contribution >= 0.6 is 0 Å². The lowest BCUT2D eigenvalue weighted by Crippen LogP contribution is -2.29. The lowest BCUT2D eigenvalue weighted by Gasteiger charge is -2.24. The zero-order valence-electron chi connectivity index (χ0n) is 10.8. The maximum atomic E-state index is 4.28. The summed E-state index contributed by atoms with van der Waals surface area (Å²) in [6.07, 6.45) is 1.88. The molecule has 0 fully saturated rings. The Morgan fingerprint density at radius 1 is 1.38 bits per heavy atom. The van der Waals surface area contributed by atoms with Gasteiger partial charge in [-0.2, -0.15) is 0 Å². The SMILES string of the molecule is CCNc1cc(CN(CC)C(C)C)ccn1. The van der Waals surface area contributed by atoms with Crippen LogP contribution in [0.15, 0.2) is 18.3 Å². The van der Waals surface area contributed by atoms with Gasteiger partial charge in [0.05, 0.1) is 0 Å². The third-order valence-corrected chi connectivity index (χ3v) is 2.70. The summed E-state index contributed by atoms with van der Waals surface area (Å²) in [4.78, 5) is 6.71. The predicted octanol–water partition coefficient (Wildman–Crippen LogP) is 2.74. The van der Waals surface area contributed by atoms with Crippen molar-refractivity contribution in [2.75, 3.05) is 18.4 Å². The first-order valence-corrected chi connectivity index (χ1v) is 6.10. The molecular weight excluding hydrogens is 198 g/mol. The lowest BCUT2D eigenvalue weighted by molar-refractivity contribution is 0.225. The predicted molar refractivity (Wildman–Crippen MR) is 69.6 cm³/mol. The Bertz CT molecular complexity index is 310. The molecule has 1 aromatic rings. The maximum Gasteiger partial charge on any atom is 0.126 e. The van der Waals surface area contributed by atoms with E-state index < -0.39 is 0 Å². The number of anilines is 1. The highest BCUT2D eigenvalue weighted by molar-refractivity contribution is 5.37. The van der Waals surface area contributed by atoms with E-state index >= 15 is 0 Å². The Hall–Kier alpha value is -1.09. The van der Waals surface area contributed by atoms with Crippen molar-refractivity contribution in [2.45, 2.75) is 40.3 Å². The summed E-state index contributed by atoms with van der Waals surface area (Å²) in [6.45, 7) is 11.7. The standard InChI is InChI=1S/C13H23N3/c1-5-14-13-9-12(7-8-15-13)10-16(6-2)11(3)4/h7-9,11H,5-6,10H2,1-4H3,(H,14,15). The van der Waals surface area contributed by atoms with Crippen molar-refractivity contribution in [3.63, 3.8) is 0 Å². The van der Waals surface area contributed by atoms with Crippen LogP contribution in [0.1, 0.15) is 33.3 Å². The average Bonchev–Trinajstić information content (AvgIpc) is 2.26. The average molecular weight is 221 g/mol. The number of rotatable bonds is 6. The molecule has 0 aromatic carbocycles. The van der Waals surface area contributed by atoms with Crippen LogP contribution in [-0.4, -0.2) is 29.0 Å². The van der Waals surface area contributed by atoms with Crippen molar-refractivity contribution in [3.8, 4) is 0 Å². The van der Waals surface area contributed by atoms with Crippen LogP contribution in [0, 0.1) is 0 Å². The third-order valence-electron chi connectivity index (χ3n) is 2.70. The third kappa shape index (κ3) is 3.81. The molecule has 16 heavy (non-hydrogen) atoms. The first kappa shape index (κ1) is 13.0. The minimum absolute atomic E-state index is 0.584. The van der Waals surface area contributed by atoms with Gasteiger partial charge in [-0.05, 0) is 45.0 Å². The molecule has 3 heteroatoms. The normalized spacial score (nSPS) is 11.1. The van der Waals surface area contributed by atoms with Crippen LogP contribution in [-0.2, 0) is 6.54 Å². The molecule has 1 rings (SSSR count). The molecule has 0 unspecified atom stereocenters. The van der Waals surface area contributed by atoms with E-state index in [9.17, 15) is 0 Å². The van der Waals surface area contributed by atoms with Crippen LogP contribution in [0.4, 0.5) is 5.82 Å². The fourth-order valence-electron chi connectivity index (χ4n) is 1.74. The molecule has 1 heterocycles. The molecule has 0 bridgehead atoms. The lowest BCUT2D eigenvalue weighted by atomic mass is 10.2. The number of aromatic nitrogens is 1. The van der Waals surface area contributed by atoms with Gasteiger partial charge < -0.3 is 5.32 Å². The van der Waals surface area contributed by atoms with Crippen molar-refractivity contribution < 1.29 is 0 Å². The largest absolute Gasteiger partial charge is 0.370 e. The van der Waals surface area contributed by atoms with Crippen LogP contribution in [0.3, 0.4) is 0 Å². The molecule has 0 saturated heterocycles. The van der Waals surface area contributed by atoms with E-state index in [2.05, 4.69) is 55.0 Å². The monoisotopic (exact) mass is 221 g/mol. The highest BCUT2D eigenvalue weighted by Gasteiger charge is 2.07. The smallest absolute Gasteiger partial charge is 0.126 e. The van der Waals surface area contributed by atoms with Crippen molar-refractivity contribution in [2.24, 2.45) is 0 Å². The zero-order valence-corrected chi connectivity index (χ0v) is 10.8. The van der Waals surface area contributed by atoms with E-state index in [0.717, 1.165) is 25.5 Å². The van der Waals surface area contributed by atoms with Crippen LogP contribution in [0.5, 0.6) is 0 Å². The number of hydrogen-bond acceptors (Lipinski definition) is 3. The second kappa shape index (κ2) is 6.48. The highest BCUT2D eigenvalue weighted by Crippen LogP contribution is 2.11. The van der Waals surface area contributed by atoms with Gasteiger partial charge in [0, 0.05) is 25.3 Å². The van der Waals surface area contributed by atoms with Crippen molar-refractivity contribution in [1.29, 1.82) is 0 Å². The van der Waals surface area contributed by atoms with E-state index in [-0.39, 0.29) is 0 Å². The molecule has 0 aliphatic carbocycles. The number of pyridine rings is 1. The number of nitrogens with zero attached hydrogens (tertiary/aromatic N) is 2. The van der Waals surface area contributed by atoms with Gasteiger partial charge in [0.1, 0.15) is 5.82 Å². The van der Waals surface area contributed by atoms with Crippen LogP contribution < -0.4 is 5.32 Å². The Morgan fingerprint density at radius 3 is 2.69 bits per heavy atom. The van der Waals surface area contributed by atoms with E-state index in [1.54, 1.807) is 0 Å². The molecule has 0 amide bonds. The minimum atomic E-state index is 0.584. The topological polar surface area (TPSA) is 28.2 Å². The van der Waals surface area contributed by atoms with Gasteiger partial charge in [-0.25, -0.2) is 4.98 Å². The van der Waals surface area contributed by atoms with Crippen LogP contribution in [0.2, 0.25) is 0 Å². The summed E-state index contributed by atoms with van der Waals surface area (Å²) in [7, 11) is 0. The Kier molecular flexibility index (Phi) is 5.26.